The third kappa shape index (κ3) is 2.61. The van der Waals surface area contributed by atoms with Gasteiger partial charge in [-0.2, -0.15) is 0 Å². The summed E-state index contributed by atoms with van der Waals surface area (Å²) in [7, 11) is 0. The summed E-state index contributed by atoms with van der Waals surface area (Å²) in [5.41, 5.74) is -0.701. The maximum absolute atomic E-state index is 11.4. The minimum atomic E-state index is -0.912. The van der Waals surface area contributed by atoms with Crippen molar-refractivity contribution < 1.29 is 19.4 Å². The Hall–Kier alpha value is -1.26. The van der Waals surface area contributed by atoms with Crippen molar-refractivity contribution in [2.75, 3.05) is 13.2 Å². The average Bonchev–Trinajstić information content (AvgIpc) is 2.31. The van der Waals surface area contributed by atoms with Gasteiger partial charge in [-0.3, -0.25) is 9.69 Å². The van der Waals surface area contributed by atoms with E-state index < -0.39 is 17.6 Å². The minimum Gasteiger partial charge on any atom is -0.481 e. The molecule has 1 fully saturated rings. The lowest BCUT2D eigenvalue weighted by atomic mass is 9.97. The molecule has 1 rings (SSSR count). The van der Waals surface area contributed by atoms with Crippen LogP contribution in [0.1, 0.15) is 27.2 Å². The number of amides is 1. The van der Waals surface area contributed by atoms with Gasteiger partial charge in [0.25, 0.3) is 0 Å². The number of ether oxygens (including phenoxy) is 1. The lowest BCUT2D eigenvalue weighted by Gasteiger charge is -2.31. The molecular weight excluding hydrogens is 198 g/mol. The fourth-order valence-electron chi connectivity index (χ4n) is 1.73. The van der Waals surface area contributed by atoms with Gasteiger partial charge in [-0.1, -0.05) is 13.8 Å². The highest BCUT2D eigenvalue weighted by Gasteiger charge is 2.45. The second-order valence-corrected chi connectivity index (χ2v) is 4.63. The van der Waals surface area contributed by atoms with Gasteiger partial charge in [0.2, 0.25) is 0 Å². The van der Waals surface area contributed by atoms with Gasteiger partial charge >= 0.3 is 12.1 Å². The summed E-state index contributed by atoms with van der Waals surface area (Å²) in [6.07, 6.45) is -0.488. The van der Waals surface area contributed by atoms with E-state index in [9.17, 15) is 9.59 Å². The molecular formula is C10H17NO4. The Morgan fingerprint density at radius 2 is 2.27 bits per heavy atom. The van der Waals surface area contributed by atoms with E-state index in [0.717, 1.165) is 0 Å². The lowest BCUT2D eigenvalue weighted by Crippen LogP contribution is -2.47. The molecule has 86 valence electrons. The summed E-state index contributed by atoms with van der Waals surface area (Å²) in [4.78, 5) is 23.6. The van der Waals surface area contributed by atoms with Crippen LogP contribution in [-0.4, -0.2) is 40.8 Å². The van der Waals surface area contributed by atoms with Crippen LogP contribution in [0.2, 0.25) is 0 Å². The van der Waals surface area contributed by atoms with Crippen molar-refractivity contribution in [2.45, 2.75) is 32.7 Å². The SMILES string of the molecule is CC(C)CN1C(=O)OCC1(C)CC(=O)O. The molecule has 1 atom stereocenters. The van der Waals surface area contributed by atoms with E-state index in [1.807, 2.05) is 13.8 Å². The van der Waals surface area contributed by atoms with E-state index in [4.69, 9.17) is 9.84 Å². The van der Waals surface area contributed by atoms with Gasteiger partial charge < -0.3 is 9.84 Å². The van der Waals surface area contributed by atoms with Crippen LogP contribution in [0.25, 0.3) is 0 Å². The van der Waals surface area contributed by atoms with Gasteiger partial charge in [-0.15, -0.1) is 0 Å². The molecule has 5 nitrogen and oxygen atoms in total. The van der Waals surface area contributed by atoms with Crippen LogP contribution in [0.15, 0.2) is 0 Å². The summed E-state index contributed by atoms with van der Waals surface area (Å²) < 4.78 is 4.91. The van der Waals surface area contributed by atoms with Crippen LogP contribution in [0.3, 0.4) is 0 Å². The normalized spacial score (nSPS) is 25.9. The van der Waals surface area contributed by atoms with Crippen molar-refractivity contribution in [1.29, 1.82) is 0 Å². The lowest BCUT2D eigenvalue weighted by molar-refractivity contribution is -0.139. The first-order valence-corrected chi connectivity index (χ1v) is 5.01. The first-order chi connectivity index (χ1) is 6.85. The molecule has 0 spiro atoms. The molecule has 1 aliphatic heterocycles. The van der Waals surface area contributed by atoms with Crippen molar-refractivity contribution >= 4 is 12.1 Å². The molecule has 1 N–H and O–H groups in total. The second-order valence-electron chi connectivity index (χ2n) is 4.63. The van der Waals surface area contributed by atoms with Crippen LogP contribution < -0.4 is 0 Å². The molecule has 0 aromatic heterocycles. The van der Waals surface area contributed by atoms with E-state index in [1.165, 1.54) is 4.90 Å². The standard InChI is InChI=1S/C10H17NO4/c1-7(2)5-11-9(14)15-6-10(11,3)4-8(12)13/h7H,4-6H2,1-3H3,(H,12,13). The molecule has 0 aromatic carbocycles. The molecule has 0 radical (unpaired) electrons. The second kappa shape index (κ2) is 4.08. The highest BCUT2D eigenvalue weighted by Crippen LogP contribution is 2.28. The predicted octanol–water partition coefficient (Wildman–Crippen LogP) is 1.33. The zero-order valence-corrected chi connectivity index (χ0v) is 9.32. The molecule has 5 heteroatoms. The minimum absolute atomic E-state index is 0.0779. The van der Waals surface area contributed by atoms with Crippen LogP contribution in [0, 0.1) is 5.92 Å². The number of nitrogens with zero attached hydrogens (tertiary/aromatic N) is 1. The molecule has 0 aromatic rings. The van der Waals surface area contributed by atoms with Gasteiger partial charge in [0.1, 0.15) is 6.61 Å². The average molecular weight is 215 g/mol. The maximum Gasteiger partial charge on any atom is 0.410 e. The van der Waals surface area contributed by atoms with Crippen LogP contribution in [0.4, 0.5) is 4.79 Å². The zero-order chi connectivity index (χ0) is 11.6. The van der Waals surface area contributed by atoms with Crippen molar-refractivity contribution in [3.63, 3.8) is 0 Å². The first-order valence-electron chi connectivity index (χ1n) is 5.01. The molecule has 0 bridgehead atoms. The van der Waals surface area contributed by atoms with E-state index in [-0.39, 0.29) is 13.0 Å². The molecule has 0 saturated carbocycles. The van der Waals surface area contributed by atoms with E-state index in [2.05, 4.69) is 0 Å². The molecule has 1 saturated heterocycles. The monoisotopic (exact) mass is 215 g/mol. The van der Waals surface area contributed by atoms with Gasteiger partial charge in [0.15, 0.2) is 0 Å². The maximum atomic E-state index is 11.4. The van der Waals surface area contributed by atoms with Crippen LogP contribution >= 0.6 is 0 Å². The third-order valence-electron chi connectivity index (χ3n) is 2.46. The number of aliphatic carboxylic acids is 1. The molecule has 1 heterocycles. The fraction of sp³-hybridized carbons (Fsp3) is 0.800. The van der Waals surface area contributed by atoms with Gasteiger partial charge in [0, 0.05) is 6.54 Å². The Labute approximate surface area is 89.0 Å². The van der Waals surface area contributed by atoms with Crippen LogP contribution in [0.5, 0.6) is 0 Å². The van der Waals surface area contributed by atoms with E-state index in [0.29, 0.717) is 12.5 Å². The number of carbonyl (C=O) groups is 2. The first kappa shape index (κ1) is 11.8. The number of carboxylic acids is 1. The summed E-state index contributed by atoms with van der Waals surface area (Å²) in [6.45, 7) is 6.39. The topological polar surface area (TPSA) is 66.8 Å². The highest BCUT2D eigenvalue weighted by atomic mass is 16.6. The van der Waals surface area contributed by atoms with Crippen LogP contribution in [-0.2, 0) is 9.53 Å². The summed E-state index contributed by atoms with van der Waals surface area (Å²) in [6, 6.07) is 0. The van der Waals surface area contributed by atoms with Gasteiger partial charge in [0.05, 0.1) is 12.0 Å². The Balaban J connectivity index is 2.78. The molecule has 0 aliphatic carbocycles. The van der Waals surface area contributed by atoms with Crippen molar-refractivity contribution in [3.05, 3.63) is 0 Å². The summed E-state index contributed by atoms with van der Waals surface area (Å²) in [5.74, 6) is -0.617. The Kier molecular flexibility index (Phi) is 3.21. The quantitative estimate of drug-likeness (QED) is 0.768. The Morgan fingerprint density at radius 3 is 2.73 bits per heavy atom. The fourth-order valence-corrected chi connectivity index (χ4v) is 1.73. The van der Waals surface area contributed by atoms with Crippen molar-refractivity contribution in [1.82, 2.24) is 4.90 Å². The highest BCUT2D eigenvalue weighted by molar-refractivity contribution is 5.75. The number of carboxylic acid groups (broad SMARTS) is 1. The van der Waals surface area contributed by atoms with E-state index >= 15 is 0 Å². The van der Waals surface area contributed by atoms with Crippen molar-refractivity contribution in [3.8, 4) is 0 Å². The molecule has 1 unspecified atom stereocenters. The molecule has 15 heavy (non-hydrogen) atoms. The number of carbonyl (C=O) groups excluding carboxylic acids is 1. The summed E-state index contributed by atoms with van der Waals surface area (Å²) >= 11 is 0. The Bertz CT molecular complexity index is 277. The largest absolute Gasteiger partial charge is 0.481 e. The number of hydrogen-bond acceptors (Lipinski definition) is 3. The number of cyclic esters (lactones) is 1. The van der Waals surface area contributed by atoms with Gasteiger partial charge in [-0.25, -0.2) is 4.79 Å². The van der Waals surface area contributed by atoms with Crippen molar-refractivity contribution in [2.24, 2.45) is 5.92 Å². The smallest absolute Gasteiger partial charge is 0.410 e. The van der Waals surface area contributed by atoms with Gasteiger partial charge in [-0.05, 0) is 12.8 Å². The van der Waals surface area contributed by atoms with E-state index in [1.54, 1.807) is 6.92 Å². The number of rotatable bonds is 4. The summed E-state index contributed by atoms with van der Waals surface area (Å²) in [5, 5.41) is 8.78. The molecule has 1 amide bonds. The Morgan fingerprint density at radius 1 is 1.67 bits per heavy atom. The zero-order valence-electron chi connectivity index (χ0n) is 9.32. The molecule has 1 aliphatic rings. The number of hydrogen-bond donors (Lipinski definition) is 1. The predicted molar refractivity (Wildman–Crippen MR) is 53.5 cm³/mol. The third-order valence-corrected chi connectivity index (χ3v) is 2.46.